The van der Waals surface area contributed by atoms with Crippen molar-refractivity contribution < 1.29 is 10.4 Å². The van der Waals surface area contributed by atoms with Crippen LogP contribution >= 0.6 is 0 Å². The van der Waals surface area contributed by atoms with E-state index >= 15 is 0 Å². The normalized spacial score (nSPS) is 14.0. The number of oxime groups is 2. The summed E-state index contributed by atoms with van der Waals surface area (Å²) in [7, 11) is 0. The van der Waals surface area contributed by atoms with E-state index in [-0.39, 0.29) is 0 Å². The van der Waals surface area contributed by atoms with Gasteiger partial charge in [0, 0.05) is 0 Å². The van der Waals surface area contributed by atoms with Crippen molar-refractivity contribution in [3.63, 3.8) is 0 Å². The lowest BCUT2D eigenvalue weighted by molar-refractivity contribution is 0.313. The smallest absolute Gasteiger partial charge is 0.104 e. The number of nitrogens with zero attached hydrogens (tertiary/aromatic N) is 2. The Labute approximate surface area is 53.5 Å². The van der Waals surface area contributed by atoms with Crippen LogP contribution in [0.2, 0.25) is 0 Å². The molecule has 0 spiro atoms. The number of rotatable bonds is 2. The summed E-state index contributed by atoms with van der Waals surface area (Å²) in [6.45, 7) is 3.38. The minimum absolute atomic E-state index is 0.347. The fourth-order valence-corrected chi connectivity index (χ4v) is 0.457. The molecule has 52 valence electrons. The van der Waals surface area contributed by atoms with Crippen LogP contribution in [0.5, 0.6) is 0 Å². The van der Waals surface area contributed by atoms with Crippen molar-refractivity contribution in [1.29, 1.82) is 0 Å². The molecule has 0 amide bonds. The van der Waals surface area contributed by atoms with Crippen molar-refractivity contribution in [2.45, 2.75) is 20.3 Å². The second-order valence-electron chi connectivity index (χ2n) is 1.59. The number of hydrogen-bond acceptors (Lipinski definition) is 4. The van der Waals surface area contributed by atoms with Gasteiger partial charge in [0.15, 0.2) is 0 Å². The van der Waals surface area contributed by atoms with Gasteiger partial charge in [0.2, 0.25) is 0 Å². The van der Waals surface area contributed by atoms with Crippen LogP contribution in [0.15, 0.2) is 10.3 Å². The maximum absolute atomic E-state index is 8.22. The molecule has 9 heavy (non-hydrogen) atoms. The third-order valence-electron chi connectivity index (χ3n) is 1.02. The van der Waals surface area contributed by atoms with Crippen LogP contribution in [0, 0.1) is 0 Å². The Morgan fingerprint density at radius 1 is 1.33 bits per heavy atom. The highest BCUT2D eigenvalue weighted by Crippen LogP contribution is 1.87. The van der Waals surface area contributed by atoms with Gasteiger partial charge in [-0.25, -0.2) is 0 Å². The minimum Gasteiger partial charge on any atom is -0.411 e. The molecule has 0 aromatic carbocycles. The lowest BCUT2D eigenvalue weighted by atomic mass is 10.2. The molecular formula is C5H10N2O2. The predicted octanol–water partition coefficient (Wildman–Crippen LogP) is 1.08. The summed E-state index contributed by atoms with van der Waals surface area (Å²) in [5.41, 5.74) is 0.748. The van der Waals surface area contributed by atoms with E-state index in [0.717, 1.165) is 0 Å². The fraction of sp³-hybridized carbons (Fsp3) is 0.600. The second-order valence-corrected chi connectivity index (χ2v) is 1.59. The van der Waals surface area contributed by atoms with Gasteiger partial charge in [-0.15, -0.1) is 0 Å². The molecule has 0 radical (unpaired) electrons. The van der Waals surface area contributed by atoms with Gasteiger partial charge in [-0.1, -0.05) is 17.2 Å². The first-order valence-corrected chi connectivity index (χ1v) is 2.66. The molecule has 4 nitrogen and oxygen atoms in total. The van der Waals surface area contributed by atoms with Gasteiger partial charge in [-0.3, -0.25) is 0 Å². The second kappa shape index (κ2) is 3.88. The lowest BCUT2D eigenvalue weighted by Crippen LogP contribution is -2.08. The van der Waals surface area contributed by atoms with Gasteiger partial charge in [0.25, 0.3) is 0 Å². The van der Waals surface area contributed by atoms with Crippen molar-refractivity contribution in [1.82, 2.24) is 0 Å². The third-order valence-corrected chi connectivity index (χ3v) is 1.02. The summed E-state index contributed by atoms with van der Waals surface area (Å²) >= 11 is 0. The van der Waals surface area contributed by atoms with E-state index in [2.05, 4.69) is 10.3 Å². The van der Waals surface area contributed by atoms with Crippen LogP contribution < -0.4 is 0 Å². The van der Waals surface area contributed by atoms with Crippen LogP contribution in [-0.4, -0.2) is 21.8 Å². The highest BCUT2D eigenvalue weighted by molar-refractivity contribution is 6.41. The third kappa shape index (κ3) is 2.12. The van der Waals surface area contributed by atoms with Crippen LogP contribution in [0.3, 0.4) is 0 Å². The van der Waals surface area contributed by atoms with E-state index in [0.29, 0.717) is 17.8 Å². The first-order chi connectivity index (χ1) is 4.26. The molecule has 0 aliphatic rings. The zero-order valence-electron chi connectivity index (χ0n) is 5.50. The van der Waals surface area contributed by atoms with Crippen molar-refractivity contribution in [3.8, 4) is 0 Å². The molecule has 4 heteroatoms. The highest BCUT2D eigenvalue weighted by Gasteiger charge is 1.99. The molecule has 0 heterocycles. The van der Waals surface area contributed by atoms with E-state index in [1.807, 2.05) is 6.92 Å². The summed E-state index contributed by atoms with van der Waals surface area (Å²) < 4.78 is 0. The summed E-state index contributed by atoms with van der Waals surface area (Å²) in [6.07, 6.45) is 0.562. The van der Waals surface area contributed by atoms with Crippen molar-refractivity contribution >= 4 is 11.4 Å². The van der Waals surface area contributed by atoms with Crippen LogP contribution in [0.4, 0.5) is 0 Å². The first-order valence-electron chi connectivity index (χ1n) is 2.66. The largest absolute Gasteiger partial charge is 0.411 e. The van der Waals surface area contributed by atoms with E-state index < -0.39 is 0 Å². The summed E-state index contributed by atoms with van der Waals surface area (Å²) in [5, 5.41) is 22.1. The van der Waals surface area contributed by atoms with Crippen LogP contribution in [0.25, 0.3) is 0 Å². The maximum atomic E-state index is 8.22. The topological polar surface area (TPSA) is 65.2 Å². The molecule has 0 rings (SSSR count). The highest BCUT2D eigenvalue weighted by atomic mass is 16.4. The van der Waals surface area contributed by atoms with E-state index in [1.165, 1.54) is 0 Å². The Morgan fingerprint density at radius 2 is 1.89 bits per heavy atom. The van der Waals surface area contributed by atoms with Crippen molar-refractivity contribution in [2.75, 3.05) is 0 Å². The Balaban J connectivity index is 4.14. The van der Waals surface area contributed by atoms with Gasteiger partial charge in [0.1, 0.15) is 11.4 Å². The van der Waals surface area contributed by atoms with E-state index in [1.54, 1.807) is 6.92 Å². The van der Waals surface area contributed by atoms with E-state index in [4.69, 9.17) is 10.4 Å². The fourth-order valence-electron chi connectivity index (χ4n) is 0.457. The summed E-state index contributed by atoms with van der Waals surface area (Å²) in [6, 6.07) is 0. The van der Waals surface area contributed by atoms with Gasteiger partial charge >= 0.3 is 0 Å². The van der Waals surface area contributed by atoms with Gasteiger partial charge in [0.05, 0.1) is 0 Å². The standard InChI is InChI=1S/C5H10N2O2/c1-3-5(7-9)4(2)6-8/h8-9H,3H2,1-2H3/b6-4-,7-5+. The monoisotopic (exact) mass is 130 g/mol. The Kier molecular flexibility index (Phi) is 3.43. The summed E-state index contributed by atoms with van der Waals surface area (Å²) in [4.78, 5) is 0. The lowest BCUT2D eigenvalue weighted by Gasteiger charge is -1.94. The minimum atomic E-state index is 0.347. The zero-order valence-corrected chi connectivity index (χ0v) is 5.50. The average Bonchev–Trinajstić information content (AvgIpc) is 1.90. The molecule has 0 aromatic heterocycles. The SMILES string of the molecule is CCC(=N\O)/C(C)=N\O. The molecule has 2 N–H and O–H groups in total. The Bertz CT molecular complexity index is 140. The molecule has 0 unspecified atom stereocenters. The van der Waals surface area contributed by atoms with Crippen LogP contribution in [-0.2, 0) is 0 Å². The molecule has 0 saturated carbocycles. The van der Waals surface area contributed by atoms with Gasteiger partial charge < -0.3 is 10.4 Å². The summed E-state index contributed by atoms with van der Waals surface area (Å²) in [5.74, 6) is 0. The van der Waals surface area contributed by atoms with Crippen molar-refractivity contribution in [2.24, 2.45) is 10.3 Å². The first kappa shape index (κ1) is 7.94. The maximum Gasteiger partial charge on any atom is 0.104 e. The number of hydrogen-bond donors (Lipinski definition) is 2. The molecule has 0 fully saturated rings. The zero-order chi connectivity index (χ0) is 7.28. The molecule has 0 bridgehead atoms. The van der Waals surface area contributed by atoms with Crippen LogP contribution in [0.1, 0.15) is 20.3 Å². The molecule has 0 saturated heterocycles. The Hall–Kier alpha value is -1.06. The average molecular weight is 130 g/mol. The molecule has 0 aliphatic carbocycles. The molecule has 0 atom stereocenters. The van der Waals surface area contributed by atoms with Gasteiger partial charge in [-0.2, -0.15) is 0 Å². The molecule has 0 aliphatic heterocycles. The Morgan fingerprint density at radius 3 is 2.00 bits per heavy atom. The quantitative estimate of drug-likeness (QED) is 0.333. The molecule has 0 aromatic rings. The van der Waals surface area contributed by atoms with Gasteiger partial charge in [-0.05, 0) is 13.3 Å². The molecular weight excluding hydrogens is 120 g/mol. The predicted molar refractivity (Wildman–Crippen MR) is 34.4 cm³/mol. The van der Waals surface area contributed by atoms with Crippen molar-refractivity contribution in [3.05, 3.63) is 0 Å². The van der Waals surface area contributed by atoms with E-state index in [9.17, 15) is 0 Å².